The molecule has 2 aromatic heterocycles. The minimum absolute atomic E-state index is 0.166. The van der Waals surface area contributed by atoms with Crippen molar-refractivity contribution in [2.45, 2.75) is 38.8 Å². The number of methoxy groups -OCH3 is 1. The maximum atomic E-state index is 13.5. The molecule has 6 nitrogen and oxygen atoms in total. The molecule has 0 radical (unpaired) electrons. The zero-order valence-corrected chi connectivity index (χ0v) is 18.3. The summed E-state index contributed by atoms with van der Waals surface area (Å²) in [5.74, 6) is -1.56. The van der Waals surface area contributed by atoms with Crippen LogP contribution >= 0.6 is 11.3 Å². The summed E-state index contributed by atoms with van der Waals surface area (Å²) in [7, 11) is 1.29. The Morgan fingerprint density at radius 1 is 1.29 bits per heavy atom. The van der Waals surface area contributed by atoms with Crippen LogP contribution < -0.4 is 5.32 Å². The van der Waals surface area contributed by atoms with Crippen molar-refractivity contribution in [3.63, 3.8) is 0 Å². The van der Waals surface area contributed by atoms with E-state index in [1.165, 1.54) is 55.9 Å². The number of aromatic nitrogens is 1. The minimum atomic E-state index is -0.552. The number of nitrogens with zero attached hydrogens (tertiary/aromatic N) is 2. The number of carbonyl (C=O) groups excluding carboxylic acids is 2. The van der Waals surface area contributed by atoms with Crippen LogP contribution in [0.25, 0.3) is 10.2 Å². The van der Waals surface area contributed by atoms with Gasteiger partial charge in [-0.15, -0.1) is 11.3 Å². The van der Waals surface area contributed by atoms with Gasteiger partial charge in [-0.1, -0.05) is 12.5 Å². The molecule has 1 aliphatic heterocycles. The van der Waals surface area contributed by atoms with E-state index in [4.69, 9.17) is 9.72 Å². The lowest BCUT2D eigenvalue weighted by molar-refractivity contribution is 0.0607. The fourth-order valence-corrected chi connectivity index (χ4v) is 4.95. The highest BCUT2D eigenvalue weighted by atomic mass is 32.1. The molecule has 0 aliphatic carbocycles. The molecule has 8 heteroatoms. The molecule has 1 fully saturated rings. The van der Waals surface area contributed by atoms with Crippen LogP contribution in [0.1, 0.15) is 51.9 Å². The summed E-state index contributed by atoms with van der Waals surface area (Å²) in [6.07, 6.45) is 3.63. The molecule has 1 amide bonds. The lowest BCUT2D eigenvalue weighted by Gasteiger charge is -2.32. The molecule has 1 aliphatic rings. The normalized spacial score (nSPS) is 16.9. The second-order valence-corrected chi connectivity index (χ2v) is 8.73. The second kappa shape index (κ2) is 9.11. The molecule has 162 valence electrons. The third-order valence-electron chi connectivity index (χ3n) is 5.61. The highest BCUT2D eigenvalue weighted by Crippen LogP contribution is 2.36. The highest BCUT2D eigenvalue weighted by Gasteiger charge is 2.24. The molecule has 1 aromatic carbocycles. The zero-order valence-electron chi connectivity index (χ0n) is 17.5. The van der Waals surface area contributed by atoms with Gasteiger partial charge in [0.2, 0.25) is 0 Å². The molecule has 1 saturated heterocycles. The fourth-order valence-electron chi connectivity index (χ4n) is 3.88. The summed E-state index contributed by atoms with van der Waals surface area (Å²) >= 11 is 1.18. The topological polar surface area (TPSA) is 71.5 Å². The third kappa shape index (κ3) is 4.60. The molecule has 31 heavy (non-hydrogen) atoms. The second-order valence-electron chi connectivity index (χ2n) is 7.73. The van der Waals surface area contributed by atoms with E-state index in [0.717, 1.165) is 24.8 Å². The van der Waals surface area contributed by atoms with Crippen LogP contribution in [0, 0.1) is 5.82 Å². The van der Waals surface area contributed by atoms with Crippen LogP contribution in [-0.4, -0.2) is 41.5 Å². The van der Waals surface area contributed by atoms with Gasteiger partial charge in [-0.25, -0.2) is 14.2 Å². The van der Waals surface area contributed by atoms with Crippen molar-refractivity contribution in [3.05, 3.63) is 58.3 Å². The maximum Gasteiger partial charge on any atom is 0.350 e. The molecular weight excluding hydrogens is 417 g/mol. The lowest BCUT2D eigenvalue weighted by atomic mass is 10.0. The Labute approximate surface area is 184 Å². The third-order valence-corrected chi connectivity index (χ3v) is 6.69. The number of halogens is 1. The van der Waals surface area contributed by atoms with Crippen molar-refractivity contribution in [2.75, 3.05) is 19.0 Å². The summed E-state index contributed by atoms with van der Waals surface area (Å²) in [4.78, 5) is 33.1. The average Bonchev–Trinajstić information content (AvgIpc) is 3.12. The van der Waals surface area contributed by atoms with Crippen molar-refractivity contribution in [1.29, 1.82) is 0 Å². The first kappa shape index (κ1) is 21.4. The molecule has 3 heterocycles. The number of rotatable bonds is 5. The molecule has 0 bridgehead atoms. The molecule has 1 atom stereocenters. The predicted octanol–water partition coefficient (Wildman–Crippen LogP) is 4.85. The molecule has 0 saturated carbocycles. The number of esters is 1. The number of likely N-dealkylation sites (tertiary alicyclic amines) is 1. The summed E-state index contributed by atoms with van der Waals surface area (Å²) in [6, 6.07) is 9.71. The van der Waals surface area contributed by atoms with Crippen molar-refractivity contribution in [1.82, 2.24) is 9.88 Å². The minimum Gasteiger partial charge on any atom is -0.465 e. The Morgan fingerprint density at radius 3 is 2.87 bits per heavy atom. The van der Waals surface area contributed by atoms with E-state index in [0.29, 0.717) is 21.9 Å². The first-order valence-corrected chi connectivity index (χ1v) is 11.1. The van der Waals surface area contributed by atoms with Crippen LogP contribution in [0.4, 0.5) is 10.1 Å². The average molecular weight is 442 g/mol. The molecule has 1 N–H and O–H groups in total. The summed E-state index contributed by atoms with van der Waals surface area (Å²) in [6.45, 7) is 4.03. The fraction of sp³-hybridized carbons (Fsp3) is 0.348. The SMILES string of the molecule is COC(=O)c1sc2nc(CN3CCCCC3C)ccc2c1NC(=O)c1cccc(F)c1. The van der Waals surface area contributed by atoms with E-state index in [1.807, 2.05) is 12.1 Å². The molecule has 4 rings (SSSR count). The Morgan fingerprint density at radius 2 is 2.13 bits per heavy atom. The summed E-state index contributed by atoms with van der Waals surface area (Å²) < 4.78 is 18.4. The molecule has 0 spiro atoms. The summed E-state index contributed by atoms with van der Waals surface area (Å²) in [5.41, 5.74) is 1.42. The van der Waals surface area contributed by atoms with E-state index in [2.05, 4.69) is 17.1 Å². The largest absolute Gasteiger partial charge is 0.465 e. The van der Waals surface area contributed by atoms with Crippen molar-refractivity contribution < 1.29 is 18.7 Å². The number of thiophene rings is 1. The van der Waals surface area contributed by atoms with E-state index in [9.17, 15) is 14.0 Å². The smallest absolute Gasteiger partial charge is 0.350 e. The van der Waals surface area contributed by atoms with Gasteiger partial charge in [-0.05, 0) is 56.6 Å². The van der Waals surface area contributed by atoms with Gasteiger partial charge in [0.25, 0.3) is 5.91 Å². The van der Waals surface area contributed by atoms with E-state index in [-0.39, 0.29) is 10.4 Å². The number of amides is 1. The summed E-state index contributed by atoms with van der Waals surface area (Å²) in [5, 5.41) is 3.41. The molecular formula is C23H24FN3O3S. The number of piperidine rings is 1. The zero-order chi connectivity index (χ0) is 22.0. The number of anilines is 1. The van der Waals surface area contributed by atoms with Crippen molar-refractivity contribution in [3.8, 4) is 0 Å². The first-order chi connectivity index (χ1) is 15.0. The van der Waals surface area contributed by atoms with Gasteiger partial charge in [0.15, 0.2) is 0 Å². The Bertz CT molecular complexity index is 1130. The van der Waals surface area contributed by atoms with Crippen LogP contribution in [0.5, 0.6) is 0 Å². The number of pyridine rings is 1. The Hall–Kier alpha value is -2.84. The number of hydrogen-bond acceptors (Lipinski definition) is 6. The van der Waals surface area contributed by atoms with Gasteiger partial charge in [0, 0.05) is 23.5 Å². The molecule has 3 aromatic rings. The van der Waals surface area contributed by atoms with E-state index < -0.39 is 17.7 Å². The van der Waals surface area contributed by atoms with Crippen molar-refractivity contribution >= 4 is 39.1 Å². The highest BCUT2D eigenvalue weighted by molar-refractivity contribution is 7.21. The number of hydrogen-bond donors (Lipinski definition) is 1. The number of nitrogens with one attached hydrogen (secondary N) is 1. The molecule has 1 unspecified atom stereocenters. The number of carbonyl (C=O) groups is 2. The van der Waals surface area contributed by atoms with Crippen LogP contribution in [0.2, 0.25) is 0 Å². The standard InChI is InChI=1S/C23H24FN3O3S/c1-14-6-3-4-11-27(14)13-17-9-10-18-19(20(23(29)30-2)31-22(18)25-17)26-21(28)15-7-5-8-16(24)12-15/h5,7-10,12,14H,3-4,6,11,13H2,1-2H3,(H,26,28). The number of benzene rings is 1. The number of ether oxygens (including phenoxy) is 1. The van der Waals surface area contributed by atoms with Crippen LogP contribution in [0.15, 0.2) is 36.4 Å². The van der Waals surface area contributed by atoms with Gasteiger partial charge in [0.1, 0.15) is 15.5 Å². The Kier molecular flexibility index (Phi) is 6.29. The van der Waals surface area contributed by atoms with Crippen LogP contribution in [-0.2, 0) is 11.3 Å². The van der Waals surface area contributed by atoms with Gasteiger partial charge >= 0.3 is 5.97 Å². The van der Waals surface area contributed by atoms with Gasteiger partial charge in [-0.3, -0.25) is 9.69 Å². The monoisotopic (exact) mass is 441 g/mol. The Balaban J connectivity index is 1.66. The van der Waals surface area contributed by atoms with Crippen LogP contribution in [0.3, 0.4) is 0 Å². The lowest BCUT2D eigenvalue weighted by Crippen LogP contribution is -2.36. The quantitative estimate of drug-likeness (QED) is 0.573. The predicted molar refractivity (Wildman–Crippen MR) is 119 cm³/mol. The maximum absolute atomic E-state index is 13.5. The van der Waals surface area contributed by atoms with Crippen molar-refractivity contribution in [2.24, 2.45) is 0 Å². The van der Waals surface area contributed by atoms with Gasteiger partial charge in [-0.2, -0.15) is 0 Å². The van der Waals surface area contributed by atoms with E-state index in [1.54, 1.807) is 0 Å². The van der Waals surface area contributed by atoms with E-state index >= 15 is 0 Å². The van der Waals surface area contributed by atoms with Gasteiger partial charge < -0.3 is 10.1 Å². The van der Waals surface area contributed by atoms with Gasteiger partial charge in [0.05, 0.1) is 18.5 Å². The number of fused-ring (bicyclic) bond motifs is 1. The first-order valence-electron chi connectivity index (χ1n) is 10.3.